The second-order valence-corrected chi connectivity index (χ2v) is 6.64. The fourth-order valence-electron chi connectivity index (χ4n) is 2.94. The summed E-state index contributed by atoms with van der Waals surface area (Å²) in [5, 5.41) is 2.90. The molecule has 1 fully saturated rings. The van der Waals surface area contributed by atoms with Crippen molar-refractivity contribution >= 4 is 17.5 Å². The van der Waals surface area contributed by atoms with Crippen molar-refractivity contribution in [2.45, 2.75) is 32.9 Å². The number of hydrogen-bond acceptors (Lipinski definition) is 4. The van der Waals surface area contributed by atoms with E-state index in [4.69, 9.17) is 4.74 Å². The monoisotopic (exact) mass is 353 g/mol. The molecule has 0 radical (unpaired) electrons. The van der Waals surface area contributed by atoms with Gasteiger partial charge in [0.05, 0.1) is 12.0 Å². The van der Waals surface area contributed by atoms with Gasteiger partial charge in [-0.05, 0) is 55.8 Å². The Morgan fingerprint density at radius 1 is 1.23 bits per heavy atom. The molecule has 26 heavy (non-hydrogen) atoms. The van der Waals surface area contributed by atoms with Crippen LogP contribution in [0.1, 0.15) is 25.8 Å². The largest absolute Gasteiger partial charge is 0.491 e. The summed E-state index contributed by atoms with van der Waals surface area (Å²) in [6.07, 6.45) is 3.71. The normalized spacial score (nSPS) is 16.8. The van der Waals surface area contributed by atoms with Crippen LogP contribution in [0.4, 0.5) is 5.69 Å². The Hall–Kier alpha value is -2.89. The van der Waals surface area contributed by atoms with Crippen molar-refractivity contribution in [2.75, 3.05) is 11.4 Å². The molecule has 6 heteroatoms. The molecule has 1 unspecified atom stereocenters. The first kappa shape index (κ1) is 17.9. The van der Waals surface area contributed by atoms with Crippen LogP contribution in [0.15, 0.2) is 48.8 Å². The minimum absolute atomic E-state index is 0.0356. The van der Waals surface area contributed by atoms with Crippen LogP contribution < -0.4 is 15.0 Å². The molecule has 6 nitrogen and oxygen atoms in total. The third kappa shape index (κ3) is 4.39. The molecule has 0 bridgehead atoms. The minimum atomic E-state index is -0.337. The Kier molecular flexibility index (Phi) is 5.51. The Morgan fingerprint density at radius 3 is 2.58 bits per heavy atom. The zero-order valence-corrected chi connectivity index (χ0v) is 15.0. The zero-order chi connectivity index (χ0) is 18.5. The number of amides is 2. The summed E-state index contributed by atoms with van der Waals surface area (Å²) in [5.41, 5.74) is 1.77. The highest BCUT2D eigenvalue weighted by Crippen LogP contribution is 2.27. The SMILES string of the molecule is CC(C)Oc1ccc(N2CC(C(=O)NCc3ccncc3)CC2=O)cc1. The highest BCUT2D eigenvalue weighted by Gasteiger charge is 2.34. The topological polar surface area (TPSA) is 71.5 Å². The molecule has 1 aromatic heterocycles. The van der Waals surface area contributed by atoms with Gasteiger partial charge < -0.3 is 15.0 Å². The van der Waals surface area contributed by atoms with Gasteiger partial charge >= 0.3 is 0 Å². The number of aromatic nitrogens is 1. The van der Waals surface area contributed by atoms with E-state index in [0.29, 0.717) is 13.1 Å². The molecule has 1 atom stereocenters. The van der Waals surface area contributed by atoms with Gasteiger partial charge in [-0.3, -0.25) is 14.6 Å². The fourth-order valence-corrected chi connectivity index (χ4v) is 2.94. The van der Waals surface area contributed by atoms with Gasteiger partial charge in [0.15, 0.2) is 0 Å². The van der Waals surface area contributed by atoms with Crippen molar-refractivity contribution < 1.29 is 14.3 Å². The van der Waals surface area contributed by atoms with Gasteiger partial charge in [0, 0.05) is 37.6 Å². The van der Waals surface area contributed by atoms with Crippen LogP contribution in [-0.2, 0) is 16.1 Å². The molecule has 1 aromatic carbocycles. The highest BCUT2D eigenvalue weighted by molar-refractivity contribution is 6.00. The van der Waals surface area contributed by atoms with E-state index < -0.39 is 0 Å². The van der Waals surface area contributed by atoms with E-state index in [0.717, 1.165) is 17.0 Å². The first-order valence-electron chi connectivity index (χ1n) is 8.76. The molecule has 1 saturated heterocycles. The van der Waals surface area contributed by atoms with Crippen LogP contribution in [0.3, 0.4) is 0 Å². The summed E-state index contributed by atoms with van der Waals surface area (Å²) in [7, 11) is 0. The van der Waals surface area contributed by atoms with E-state index in [-0.39, 0.29) is 30.3 Å². The number of carbonyl (C=O) groups is 2. The van der Waals surface area contributed by atoms with Gasteiger partial charge in [-0.15, -0.1) is 0 Å². The predicted molar refractivity (Wildman–Crippen MR) is 98.7 cm³/mol. The molecular formula is C20H23N3O3. The quantitative estimate of drug-likeness (QED) is 0.866. The molecule has 0 aliphatic carbocycles. The Balaban J connectivity index is 1.58. The van der Waals surface area contributed by atoms with Gasteiger partial charge in [-0.1, -0.05) is 0 Å². The summed E-state index contributed by atoms with van der Waals surface area (Å²) >= 11 is 0. The van der Waals surface area contributed by atoms with Crippen molar-refractivity contribution in [2.24, 2.45) is 5.92 Å². The Bertz CT molecular complexity index is 760. The first-order chi connectivity index (χ1) is 12.5. The Labute approximate surface area is 153 Å². The molecule has 0 spiro atoms. The number of nitrogens with zero attached hydrogens (tertiary/aromatic N) is 2. The predicted octanol–water partition coefficient (Wildman–Crippen LogP) is 2.54. The maximum absolute atomic E-state index is 12.4. The summed E-state index contributed by atoms with van der Waals surface area (Å²) in [6.45, 7) is 4.76. The maximum atomic E-state index is 12.4. The van der Waals surface area contributed by atoms with E-state index in [1.54, 1.807) is 17.3 Å². The lowest BCUT2D eigenvalue weighted by Gasteiger charge is -2.18. The lowest BCUT2D eigenvalue weighted by atomic mass is 10.1. The molecule has 136 valence electrons. The molecule has 1 aliphatic rings. The molecule has 0 saturated carbocycles. The fraction of sp³-hybridized carbons (Fsp3) is 0.350. The molecule has 3 rings (SSSR count). The Morgan fingerprint density at radius 2 is 1.92 bits per heavy atom. The van der Waals surface area contributed by atoms with Crippen molar-refractivity contribution in [1.29, 1.82) is 0 Å². The van der Waals surface area contributed by atoms with E-state index >= 15 is 0 Å². The second-order valence-electron chi connectivity index (χ2n) is 6.64. The summed E-state index contributed by atoms with van der Waals surface area (Å²) in [4.78, 5) is 30.3. The number of carbonyl (C=O) groups excluding carboxylic acids is 2. The lowest BCUT2D eigenvalue weighted by Crippen LogP contribution is -2.32. The second kappa shape index (κ2) is 7.99. The smallest absolute Gasteiger partial charge is 0.227 e. The minimum Gasteiger partial charge on any atom is -0.491 e. The summed E-state index contributed by atoms with van der Waals surface area (Å²) < 4.78 is 5.62. The van der Waals surface area contributed by atoms with Gasteiger partial charge in [0.1, 0.15) is 5.75 Å². The molecule has 2 aromatic rings. The molecular weight excluding hydrogens is 330 g/mol. The number of benzene rings is 1. The third-order valence-electron chi connectivity index (χ3n) is 4.23. The summed E-state index contributed by atoms with van der Waals surface area (Å²) in [6, 6.07) is 11.1. The van der Waals surface area contributed by atoms with Crippen molar-refractivity contribution in [3.8, 4) is 5.75 Å². The van der Waals surface area contributed by atoms with Gasteiger partial charge in [-0.2, -0.15) is 0 Å². The number of hydrogen-bond donors (Lipinski definition) is 1. The molecule has 1 aliphatic heterocycles. The van der Waals surface area contributed by atoms with Crippen LogP contribution in [0.25, 0.3) is 0 Å². The number of rotatable bonds is 6. The standard InChI is InChI=1S/C20H23N3O3/c1-14(2)26-18-5-3-17(4-6-18)23-13-16(11-19(23)24)20(25)22-12-15-7-9-21-10-8-15/h3-10,14,16H,11-13H2,1-2H3,(H,22,25). The first-order valence-corrected chi connectivity index (χ1v) is 8.76. The molecule has 1 N–H and O–H groups in total. The number of pyridine rings is 1. The summed E-state index contributed by atoms with van der Waals surface area (Å²) in [5.74, 6) is 0.294. The third-order valence-corrected chi connectivity index (χ3v) is 4.23. The van der Waals surface area contributed by atoms with Gasteiger partial charge in [0.25, 0.3) is 0 Å². The van der Waals surface area contributed by atoms with E-state index in [2.05, 4.69) is 10.3 Å². The lowest BCUT2D eigenvalue weighted by molar-refractivity contribution is -0.126. The van der Waals surface area contributed by atoms with Crippen LogP contribution in [0.2, 0.25) is 0 Å². The van der Waals surface area contributed by atoms with Crippen LogP contribution in [-0.4, -0.2) is 29.4 Å². The van der Waals surface area contributed by atoms with Crippen LogP contribution >= 0.6 is 0 Å². The van der Waals surface area contributed by atoms with Gasteiger partial charge in [-0.25, -0.2) is 0 Å². The molecule has 2 heterocycles. The van der Waals surface area contributed by atoms with Crippen LogP contribution in [0.5, 0.6) is 5.75 Å². The highest BCUT2D eigenvalue weighted by atomic mass is 16.5. The number of anilines is 1. The molecule has 2 amide bonds. The van der Waals surface area contributed by atoms with E-state index in [9.17, 15) is 9.59 Å². The van der Waals surface area contributed by atoms with E-state index in [1.807, 2.05) is 50.2 Å². The van der Waals surface area contributed by atoms with Crippen LogP contribution in [0, 0.1) is 5.92 Å². The number of nitrogens with one attached hydrogen (secondary N) is 1. The average molecular weight is 353 g/mol. The van der Waals surface area contributed by atoms with Crippen molar-refractivity contribution in [3.05, 3.63) is 54.4 Å². The average Bonchev–Trinajstić information content (AvgIpc) is 3.02. The van der Waals surface area contributed by atoms with Crippen molar-refractivity contribution in [1.82, 2.24) is 10.3 Å². The zero-order valence-electron chi connectivity index (χ0n) is 15.0. The maximum Gasteiger partial charge on any atom is 0.227 e. The van der Waals surface area contributed by atoms with Crippen molar-refractivity contribution in [3.63, 3.8) is 0 Å². The van der Waals surface area contributed by atoms with E-state index in [1.165, 1.54) is 0 Å². The van der Waals surface area contributed by atoms with Gasteiger partial charge in [0.2, 0.25) is 11.8 Å². The number of ether oxygens (including phenoxy) is 1.